The van der Waals surface area contributed by atoms with Gasteiger partial charge in [0.15, 0.2) is 0 Å². The summed E-state index contributed by atoms with van der Waals surface area (Å²) < 4.78 is 0. The van der Waals surface area contributed by atoms with Crippen molar-refractivity contribution in [3.63, 3.8) is 0 Å². The van der Waals surface area contributed by atoms with Crippen LogP contribution in [0.25, 0.3) is 0 Å². The number of nitrogens with zero attached hydrogens (tertiary/aromatic N) is 1. The molecule has 0 radical (unpaired) electrons. The number of carbonyl (C=O) groups is 2. The van der Waals surface area contributed by atoms with Crippen molar-refractivity contribution in [2.45, 2.75) is 26.3 Å². The third kappa shape index (κ3) is 4.04. The third-order valence-electron chi connectivity index (χ3n) is 3.71. The maximum atomic E-state index is 12.2. The first-order valence-electron chi connectivity index (χ1n) is 7.26. The molecule has 1 fully saturated rings. The van der Waals surface area contributed by atoms with Gasteiger partial charge in [-0.3, -0.25) is 9.59 Å². The lowest BCUT2D eigenvalue weighted by molar-refractivity contribution is -0.132. The van der Waals surface area contributed by atoms with Gasteiger partial charge in [0.25, 0.3) is 5.91 Å². The number of amides is 2. The van der Waals surface area contributed by atoms with Crippen LogP contribution in [0, 0.1) is 6.92 Å². The highest BCUT2D eigenvalue weighted by molar-refractivity contribution is 5.97. The minimum atomic E-state index is -0.198. The lowest BCUT2D eigenvalue weighted by atomic mass is 10.0. The van der Waals surface area contributed by atoms with E-state index in [1.165, 1.54) is 0 Å². The van der Waals surface area contributed by atoms with E-state index in [4.69, 9.17) is 0 Å². The second-order valence-corrected chi connectivity index (χ2v) is 6.12. The van der Waals surface area contributed by atoms with Gasteiger partial charge in [0.2, 0.25) is 5.91 Å². The Hall–Kier alpha value is -1.88. The van der Waals surface area contributed by atoms with Crippen molar-refractivity contribution in [3.8, 4) is 0 Å². The van der Waals surface area contributed by atoms with Gasteiger partial charge in [-0.1, -0.05) is 18.2 Å². The highest BCUT2D eigenvalue weighted by Crippen LogP contribution is 2.10. The second kappa shape index (κ2) is 6.26. The van der Waals surface area contributed by atoms with E-state index in [9.17, 15) is 9.59 Å². The Morgan fingerprint density at radius 3 is 2.71 bits per heavy atom. The van der Waals surface area contributed by atoms with Gasteiger partial charge in [-0.2, -0.15) is 0 Å². The summed E-state index contributed by atoms with van der Waals surface area (Å²) >= 11 is 0. The molecule has 1 aliphatic rings. The summed E-state index contributed by atoms with van der Waals surface area (Å²) in [6.45, 7) is 8.19. The first-order chi connectivity index (χ1) is 9.89. The van der Waals surface area contributed by atoms with Crippen LogP contribution in [0.2, 0.25) is 0 Å². The number of rotatable bonds is 3. The Kier molecular flexibility index (Phi) is 4.63. The zero-order valence-corrected chi connectivity index (χ0v) is 12.9. The summed E-state index contributed by atoms with van der Waals surface area (Å²) in [5.74, 6) is -0.234. The van der Waals surface area contributed by atoms with E-state index in [1.54, 1.807) is 11.0 Å². The number of benzene rings is 1. The summed E-state index contributed by atoms with van der Waals surface area (Å²) in [6, 6.07) is 7.36. The van der Waals surface area contributed by atoms with E-state index < -0.39 is 0 Å². The van der Waals surface area contributed by atoms with Gasteiger partial charge in [-0.05, 0) is 32.4 Å². The van der Waals surface area contributed by atoms with Crippen molar-refractivity contribution in [2.75, 3.05) is 26.2 Å². The van der Waals surface area contributed by atoms with Crippen LogP contribution in [0.3, 0.4) is 0 Å². The van der Waals surface area contributed by atoms with E-state index >= 15 is 0 Å². The van der Waals surface area contributed by atoms with Crippen LogP contribution >= 0.6 is 0 Å². The fourth-order valence-corrected chi connectivity index (χ4v) is 2.54. The van der Waals surface area contributed by atoms with Crippen molar-refractivity contribution in [2.24, 2.45) is 0 Å². The molecule has 1 saturated heterocycles. The van der Waals surface area contributed by atoms with Gasteiger partial charge in [-0.15, -0.1) is 0 Å². The Morgan fingerprint density at radius 1 is 1.33 bits per heavy atom. The van der Waals surface area contributed by atoms with Crippen LogP contribution in [0.1, 0.15) is 29.8 Å². The lowest BCUT2D eigenvalue weighted by Crippen LogP contribution is -2.59. The Balaban J connectivity index is 1.89. The average Bonchev–Trinajstić information content (AvgIpc) is 2.43. The summed E-state index contributed by atoms with van der Waals surface area (Å²) in [5, 5.41) is 6.07. The Labute approximate surface area is 125 Å². The monoisotopic (exact) mass is 289 g/mol. The summed E-state index contributed by atoms with van der Waals surface area (Å²) in [7, 11) is 0. The molecule has 5 heteroatoms. The van der Waals surface area contributed by atoms with Crippen LogP contribution < -0.4 is 10.6 Å². The molecule has 1 aromatic carbocycles. The smallest absolute Gasteiger partial charge is 0.251 e. The summed E-state index contributed by atoms with van der Waals surface area (Å²) in [5.41, 5.74) is 1.45. The molecule has 1 aromatic rings. The van der Waals surface area contributed by atoms with Crippen molar-refractivity contribution in [3.05, 3.63) is 35.4 Å². The first kappa shape index (κ1) is 15.5. The van der Waals surface area contributed by atoms with Crippen LogP contribution in [0.15, 0.2) is 24.3 Å². The molecule has 0 spiro atoms. The number of piperazine rings is 1. The fourth-order valence-electron chi connectivity index (χ4n) is 2.54. The van der Waals surface area contributed by atoms with E-state index in [1.807, 2.05) is 25.1 Å². The average molecular weight is 289 g/mol. The Bertz CT molecular complexity index is 540. The summed E-state index contributed by atoms with van der Waals surface area (Å²) in [4.78, 5) is 26.1. The molecule has 21 heavy (non-hydrogen) atoms. The van der Waals surface area contributed by atoms with E-state index in [0.717, 1.165) is 12.1 Å². The minimum Gasteiger partial charge on any atom is -0.343 e. The first-order valence-corrected chi connectivity index (χ1v) is 7.26. The van der Waals surface area contributed by atoms with Crippen LogP contribution in [0.5, 0.6) is 0 Å². The van der Waals surface area contributed by atoms with E-state index in [0.29, 0.717) is 18.7 Å². The molecule has 2 N–H and O–H groups in total. The van der Waals surface area contributed by atoms with Gasteiger partial charge in [0.1, 0.15) is 0 Å². The molecule has 1 aliphatic heterocycles. The summed E-state index contributed by atoms with van der Waals surface area (Å²) in [6.07, 6.45) is 0. The normalized spacial score (nSPS) is 17.4. The molecule has 5 nitrogen and oxygen atoms in total. The van der Waals surface area contributed by atoms with Crippen molar-refractivity contribution >= 4 is 11.8 Å². The lowest BCUT2D eigenvalue weighted by Gasteiger charge is -2.39. The molecular weight excluding hydrogens is 266 g/mol. The standard InChI is InChI=1S/C16H23N3O2/c1-12-6-4-5-7-13(12)15(21)17-10-14(20)19-9-8-18-16(2,3)11-19/h4-7,18H,8-11H2,1-3H3,(H,17,21). The largest absolute Gasteiger partial charge is 0.343 e. The highest BCUT2D eigenvalue weighted by Gasteiger charge is 2.28. The molecule has 0 aromatic heterocycles. The van der Waals surface area contributed by atoms with Gasteiger partial charge < -0.3 is 15.5 Å². The maximum Gasteiger partial charge on any atom is 0.251 e. The molecule has 2 rings (SSSR count). The molecular formula is C16H23N3O2. The van der Waals surface area contributed by atoms with Crippen LogP contribution in [0.4, 0.5) is 0 Å². The van der Waals surface area contributed by atoms with Crippen molar-refractivity contribution in [1.29, 1.82) is 0 Å². The van der Waals surface area contributed by atoms with Gasteiger partial charge in [0.05, 0.1) is 6.54 Å². The zero-order valence-electron chi connectivity index (χ0n) is 12.9. The number of aryl methyl sites for hydroxylation is 1. The Morgan fingerprint density at radius 2 is 2.05 bits per heavy atom. The van der Waals surface area contributed by atoms with E-state index in [-0.39, 0.29) is 23.9 Å². The molecule has 0 bridgehead atoms. The van der Waals surface area contributed by atoms with Gasteiger partial charge in [0, 0.05) is 30.7 Å². The molecule has 1 heterocycles. The number of hydrogen-bond acceptors (Lipinski definition) is 3. The highest BCUT2D eigenvalue weighted by atomic mass is 16.2. The molecule has 0 aliphatic carbocycles. The van der Waals surface area contributed by atoms with Crippen LogP contribution in [-0.4, -0.2) is 48.4 Å². The number of carbonyl (C=O) groups excluding carboxylic acids is 2. The third-order valence-corrected chi connectivity index (χ3v) is 3.71. The SMILES string of the molecule is Cc1ccccc1C(=O)NCC(=O)N1CCNC(C)(C)C1. The molecule has 114 valence electrons. The quantitative estimate of drug-likeness (QED) is 0.870. The van der Waals surface area contributed by atoms with E-state index in [2.05, 4.69) is 24.5 Å². The van der Waals surface area contributed by atoms with Gasteiger partial charge in [-0.25, -0.2) is 0 Å². The second-order valence-electron chi connectivity index (χ2n) is 6.12. The van der Waals surface area contributed by atoms with Gasteiger partial charge >= 0.3 is 0 Å². The molecule has 0 unspecified atom stereocenters. The topological polar surface area (TPSA) is 61.4 Å². The minimum absolute atomic E-state index is 0.0356. The van der Waals surface area contributed by atoms with Crippen LogP contribution in [-0.2, 0) is 4.79 Å². The number of nitrogens with one attached hydrogen (secondary N) is 2. The fraction of sp³-hybridized carbons (Fsp3) is 0.500. The predicted octanol–water partition coefficient (Wildman–Crippen LogP) is 0.935. The van der Waals surface area contributed by atoms with Crippen molar-refractivity contribution in [1.82, 2.24) is 15.5 Å². The zero-order chi connectivity index (χ0) is 15.5. The number of hydrogen-bond donors (Lipinski definition) is 2. The molecule has 0 atom stereocenters. The maximum absolute atomic E-state index is 12.2. The van der Waals surface area contributed by atoms with Crippen molar-refractivity contribution < 1.29 is 9.59 Å². The molecule has 2 amide bonds. The molecule has 0 saturated carbocycles. The predicted molar refractivity (Wildman–Crippen MR) is 82.2 cm³/mol.